The molecule has 0 aliphatic rings. The summed E-state index contributed by atoms with van der Waals surface area (Å²) in [6, 6.07) is 1.94. The predicted octanol–water partition coefficient (Wildman–Crippen LogP) is 2.13. The van der Waals surface area contributed by atoms with Crippen LogP contribution in [0.1, 0.15) is 0 Å². The summed E-state index contributed by atoms with van der Waals surface area (Å²) in [5.41, 5.74) is 0.162. The van der Waals surface area contributed by atoms with Gasteiger partial charge >= 0.3 is 0 Å². The van der Waals surface area contributed by atoms with Gasteiger partial charge in [0.15, 0.2) is 0 Å². The number of anilines is 1. The molecular formula is C8H8BrF2NO. The third kappa shape index (κ3) is 2.63. The molecule has 1 aromatic carbocycles. The van der Waals surface area contributed by atoms with Gasteiger partial charge in [-0.1, -0.05) is 0 Å². The Balaban J connectivity index is 2.92. The first-order valence-corrected chi connectivity index (χ1v) is 4.43. The fraction of sp³-hybridized carbons (Fsp3) is 0.250. The molecule has 0 heterocycles. The zero-order valence-electron chi connectivity index (χ0n) is 6.65. The lowest BCUT2D eigenvalue weighted by atomic mass is 10.3. The second-order valence-corrected chi connectivity index (χ2v) is 3.25. The van der Waals surface area contributed by atoms with Gasteiger partial charge in [-0.15, -0.1) is 0 Å². The molecule has 1 aromatic rings. The molecule has 0 saturated carbocycles. The minimum Gasteiger partial charge on any atom is -0.395 e. The van der Waals surface area contributed by atoms with E-state index >= 15 is 0 Å². The molecule has 0 amide bonds. The molecule has 0 saturated heterocycles. The first-order chi connectivity index (χ1) is 6.15. The first-order valence-electron chi connectivity index (χ1n) is 3.64. The van der Waals surface area contributed by atoms with Crippen LogP contribution in [0.3, 0.4) is 0 Å². The van der Waals surface area contributed by atoms with Gasteiger partial charge in [-0.3, -0.25) is 0 Å². The van der Waals surface area contributed by atoms with Crippen LogP contribution in [0.15, 0.2) is 16.6 Å². The molecule has 5 heteroatoms. The molecule has 0 spiro atoms. The highest BCUT2D eigenvalue weighted by Gasteiger charge is 2.08. The molecular weight excluding hydrogens is 244 g/mol. The van der Waals surface area contributed by atoms with Crippen molar-refractivity contribution in [1.82, 2.24) is 0 Å². The summed E-state index contributed by atoms with van der Waals surface area (Å²) in [4.78, 5) is 0. The Morgan fingerprint density at radius 1 is 1.38 bits per heavy atom. The highest BCUT2D eigenvalue weighted by atomic mass is 79.9. The maximum absolute atomic E-state index is 13.0. The van der Waals surface area contributed by atoms with Gasteiger partial charge in [0.2, 0.25) is 0 Å². The van der Waals surface area contributed by atoms with Gasteiger partial charge in [0, 0.05) is 17.1 Å². The van der Waals surface area contributed by atoms with E-state index in [1.165, 1.54) is 0 Å². The van der Waals surface area contributed by atoms with Crippen LogP contribution >= 0.6 is 15.9 Å². The fourth-order valence-electron chi connectivity index (χ4n) is 0.892. The Kier molecular flexibility index (Phi) is 3.62. The van der Waals surface area contributed by atoms with Crippen molar-refractivity contribution in [1.29, 1.82) is 0 Å². The normalized spacial score (nSPS) is 10.2. The third-order valence-corrected chi connectivity index (χ3v) is 2.05. The summed E-state index contributed by atoms with van der Waals surface area (Å²) < 4.78 is 25.9. The Hall–Kier alpha value is -0.680. The number of hydrogen-bond donors (Lipinski definition) is 2. The van der Waals surface area contributed by atoms with Crippen LogP contribution in [0.4, 0.5) is 14.5 Å². The molecule has 2 N–H and O–H groups in total. The quantitative estimate of drug-likeness (QED) is 0.863. The fourth-order valence-corrected chi connectivity index (χ4v) is 1.44. The van der Waals surface area contributed by atoms with Crippen LogP contribution in [0.25, 0.3) is 0 Å². The van der Waals surface area contributed by atoms with E-state index in [0.29, 0.717) is 4.47 Å². The van der Waals surface area contributed by atoms with Gasteiger partial charge in [0.1, 0.15) is 11.6 Å². The number of halogens is 3. The lowest BCUT2D eigenvalue weighted by Crippen LogP contribution is -2.07. The Labute approximate surface area is 82.7 Å². The second-order valence-electron chi connectivity index (χ2n) is 2.39. The van der Waals surface area contributed by atoms with E-state index in [9.17, 15) is 8.78 Å². The summed E-state index contributed by atoms with van der Waals surface area (Å²) in [5, 5.41) is 11.1. The topological polar surface area (TPSA) is 32.3 Å². The number of aliphatic hydroxyl groups is 1. The van der Waals surface area contributed by atoms with E-state index < -0.39 is 11.6 Å². The molecule has 1 rings (SSSR count). The van der Waals surface area contributed by atoms with E-state index in [4.69, 9.17) is 5.11 Å². The van der Waals surface area contributed by atoms with E-state index in [2.05, 4.69) is 21.2 Å². The summed E-state index contributed by atoms with van der Waals surface area (Å²) in [7, 11) is 0. The lowest BCUT2D eigenvalue weighted by molar-refractivity contribution is 0.311. The third-order valence-electron chi connectivity index (χ3n) is 1.42. The van der Waals surface area contributed by atoms with Crippen LogP contribution in [0.2, 0.25) is 0 Å². The zero-order chi connectivity index (χ0) is 9.84. The maximum atomic E-state index is 13.0. The molecule has 0 fully saturated rings. The molecule has 13 heavy (non-hydrogen) atoms. The molecule has 0 bridgehead atoms. The van der Waals surface area contributed by atoms with Gasteiger partial charge in [-0.05, 0) is 22.0 Å². The number of rotatable bonds is 3. The molecule has 0 radical (unpaired) electrons. The summed E-state index contributed by atoms with van der Waals surface area (Å²) in [6.45, 7) is 0.115. The monoisotopic (exact) mass is 251 g/mol. The molecule has 0 aromatic heterocycles. The second kappa shape index (κ2) is 4.53. The highest BCUT2D eigenvalue weighted by molar-refractivity contribution is 9.10. The molecule has 0 aliphatic carbocycles. The summed E-state index contributed by atoms with van der Waals surface area (Å²) >= 11 is 3.00. The van der Waals surface area contributed by atoms with Crippen LogP contribution in [0, 0.1) is 11.6 Å². The van der Waals surface area contributed by atoms with Crippen molar-refractivity contribution in [3.05, 3.63) is 28.2 Å². The van der Waals surface area contributed by atoms with Gasteiger partial charge < -0.3 is 10.4 Å². The minimum atomic E-state index is -0.680. The number of nitrogens with one attached hydrogen (secondary N) is 1. The number of aliphatic hydroxyl groups excluding tert-OH is 1. The Morgan fingerprint density at radius 3 is 2.62 bits per heavy atom. The largest absolute Gasteiger partial charge is 0.395 e. The van der Waals surface area contributed by atoms with Crippen molar-refractivity contribution in [2.24, 2.45) is 0 Å². The van der Waals surface area contributed by atoms with E-state index in [0.717, 1.165) is 12.1 Å². The molecule has 0 aliphatic heterocycles. The maximum Gasteiger partial charge on any atom is 0.150 e. The van der Waals surface area contributed by atoms with Crippen molar-refractivity contribution in [3.8, 4) is 0 Å². The van der Waals surface area contributed by atoms with E-state index in [1.807, 2.05) is 0 Å². The predicted molar refractivity (Wildman–Crippen MR) is 49.6 cm³/mol. The van der Waals surface area contributed by atoms with Crippen molar-refractivity contribution < 1.29 is 13.9 Å². The van der Waals surface area contributed by atoms with Gasteiger partial charge in [0.05, 0.1) is 12.3 Å². The van der Waals surface area contributed by atoms with Crippen molar-refractivity contribution in [2.75, 3.05) is 18.5 Å². The summed E-state index contributed by atoms with van der Waals surface area (Å²) in [6.07, 6.45) is 0. The first kappa shape index (κ1) is 10.4. The van der Waals surface area contributed by atoms with Crippen molar-refractivity contribution in [2.45, 2.75) is 0 Å². The van der Waals surface area contributed by atoms with E-state index in [1.54, 1.807) is 0 Å². The van der Waals surface area contributed by atoms with Crippen LogP contribution < -0.4 is 5.32 Å². The SMILES string of the molecule is OCCNc1c(F)cc(F)cc1Br. The standard InChI is InChI=1S/C8H8BrF2NO/c9-6-3-5(10)4-7(11)8(6)12-1-2-13/h3-4,12-13H,1-2H2. The van der Waals surface area contributed by atoms with Gasteiger partial charge in [-0.2, -0.15) is 0 Å². The minimum absolute atomic E-state index is 0.108. The van der Waals surface area contributed by atoms with E-state index in [-0.39, 0.29) is 18.8 Å². The van der Waals surface area contributed by atoms with Gasteiger partial charge in [-0.25, -0.2) is 8.78 Å². The highest BCUT2D eigenvalue weighted by Crippen LogP contribution is 2.26. The molecule has 72 valence electrons. The zero-order valence-corrected chi connectivity index (χ0v) is 8.24. The molecule has 2 nitrogen and oxygen atoms in total. The number of benzene rings is 1. The van der Waals surface area contributed by atoms with Crippen molar-refractivity contribution in [3.63, 3.8) is 0 Å². The number of hydrogen-bond acceptors (Lipinski definition) is 2. The average molecular weight is 252 g/mol. The van der Waals surface area contributed by atoms with Crippen molar-refractivity contribution >= 4 is 21.6 Å². The van der Waals surface area contributed by atoms with Crippen LogP contribution in [0.5, 0.6) is 0 Å². The van der Waals surface area contributed by atoms with Crippen LogP contribution in [-0.4, -0.2) is 18.3 Å². The molecule has 0 unspecified atom stereocenters. The summed E-state index contributed by atoms with van der Waals surface area (Å²) in [5.74, 6) is -1.32. The van der Waals surface area contributed by atoms with Crippen LogP contribution in [-0.2, 0) is 0 Å². The lowest BCUT2D eigenvalue weighted by Gasteiger charge is -2.07. The van der Waals surface area contributed by atoms with Gasteiger partial charge in [0.25, 0.3) is 0 Å². The average Bonchev–Trinajstić information content (AvgIpc) is 2.02. The Morgan fingerprint density at radius 2 is 2.08 bits per heavy atom. The smallest absolute Gasteiger partial charge is 0.150 e. The Bertz CT molecular complexity index is 283. The molecule has 0 atom stereocenters.